The summed E-state index contributed by atoms with van der Waals surface area (Å²) >= 11 is 6.49. The summed E-state index contributed by atoms with van der Waals surface area (Å²) in [6.45, 7) is 5.96. The molecule has 1 aromatic carbocycles. The van der Waals surface area contributed by atoms with Crippen LogP contribution in [0.4, 0.5) is 0 Å². The molecule has 7 heteroatoms. The van der Waals surface area contributed by atoms with E-state index in [9.17, 15) is 4.79 Å². The SMILES string of the molecule is CC.CNC(=O)CC(Cc1cc(Cl)cc2c3c([nH]c12)CN(C)CC3)c1ccncn1. The lowest BCUT2D eigenvalue weighted by molar-refractivity contribution is -0.121. The molecule has 1 aliphatic heterocycles. The maximum atomic E-state index is 12.1. The maximum Gasteiger partial charge on any atom is 0.220 e. The van der Waals surface area contributed by atoms with Gasteiger partial charge >= 0.3 is 0 Å². The van der Waals surface area contributed by atoms with Gasteiger partial charge in [-0.25, -0.2) is 9.97 Å². The van der Waals surface area contributed by atoms with Gasteiger partial charge in [-0.1, -0.05) is 25.4 Å². The molecule has 160 valence electrons. The molecule has 30 heavy (non-hydrogen) atoms. The van der Waals surface area contributed by atoms with Crippen LogP contribution in [0.5, 0.6) is 0 Å². The average molecular weight is 428 g/mol. The van der Waals surface area contributed by atoms with Crippen LogP contribution in [-0.2, 0) is 24.2 Å². The highest BCUT2D eigenvalue weighted by Gasteiger charge is 2.23. The summed E-state index contributed by atoms with van der Waals surface area (Å²) in [6, 6.07) is 5.94. The monoisotopic (exact) mass is 427 g/mol. The highest BCUT2D eigenvalue weighted by Crippen LogP contribution is 2.34. The number of H-pyrrole nitrogens is 1. The molecule has 4 rings (SSSR count). The van der Waals surface area contributed by atoms with Crippen molar-refractivity contribution in [1.82, 2.24) is 25.2 Å². The Balaban J connectivity index is 0.00000124. The predicted molar refractivity (Wildman–Crippen MR) is 122 cm³/mol. The number of amides is 1. The molecule has 2 aromatic heterocycles. The Labute approximate surface area is 183 Å². The van der Waals surface area contributed by atoms with E-state index in [0.717, 1.165) is 41.3 Å². The maximum absolute atomic E-state index is 12.1. The summed E-state index contributed by atoms with van der Waals surface area (Å²) in [6.07, 6.45) is 5.31. The van der Waals surface area contributed by atoms with Crippen molar-refractivity contribution in [2.24, 2.45) is 0 Å². The van der Waals surface area contributed by atoms with Gasteiger partial charge in [-0.05, 0) is 49.2 Å². The summed E-state index contributed by atoms with van der Waals surface area (Å²) in [4.78, 5) is 26.5. The van der Waals surface area contributed by atoms with Crippen LogP contribution in [-0.4, -0.2) is 46.4 Å². The minimum Gasteiger partial charge on any atom is -0.359 e. The second-order valence-corrected chi connectivity index (χ2v) is 7.91. The van der Waals surface area contributed by atoms with Gasteiger partial charge < -0.3 is 15.2 Å². The van der Waals surface area contributed by atoms with E-state index in [1.807, 2.05) is 26.0 Å². The molecule has 0 fully saturated rings. The van der Waals surface area contributed by atoms with Crippen LogP contribution in [0, 0.1) is 0 Å². The Morgan fingerprint density at radius 2 is 2.17 bits per heavy atom. The molecule has 0 bridgehead atoms. The van der Waals surface area contributed by atoms with Crippen LogP contribution >= 0.6 is 11.6 Å². The third-order valence-corrected chi connectivity index (χ3v) is 5.74. The van der Waals surface area contributed by atoms with Gasteiger partial charge in [0.15, 0.2) is 0 Å². The first kappa shape index (κ1) is 22.2. The molecule has 0 saturated carbocycles. The molecule has 0 spiro atoms. The van der Waals surface area contributed by atoms with Crippen molar-refractivity contribution in [2.75, 3.05) is 20.6 Å². The van der Waals surface area contributed by atoms with E-state index in [1.165, 1.54) is 23.0 Å². The zero-order valence-corrected chi connectivity index (χ0v) is 18.9. The molecule has 0 radical (unpaired) electrons. The van der Waals surface area contributed by atoms with E-state index in [-0.39, 0.29) is 11.8 Å². The Morgan fingerprint density at radius 1 is 1.37 bits per heavy atom. The van der Waals surface area contributed by atoms with Gasteiger partial charge in [0.1, 0.15) is 6.33 Å². The Morgan fingerprint density at radius 3 is 2.87 bits per heavy atom. The number of carbonyl (C=O) groups excluding carboxylic acids is 1. The quantitative estimate of drug-likeness (QED) is 0.643. The van der Waals surface area contributed by atoms with Crippen molar-refractivity contribution in [3.05, 3.63) is 58.3 Å². The van der Waals surface area contributed by atoms with E-state index in [0.29, 0.717) is 12.8 Å². The number of benzene rings is 1. The number of fused-ring (bicyclic) bond motifs is 3. The topological polar surface area (TPSA) is 73.9 Å². The molecule has 1 amide bonds. The Hall–Kier alpha value is -2.44. The number of nitrogens with one attached hydrogen (secondary N) is 2. The second-order valence-electron chi connectivity index (χ2n) is 7.47. The molecule has 1 unspecified atom stereocenters. The standard InChI is InChI=1S/C21H24ClN5O.C2H6/c1-23-20(28)9-13(18-3-5-24-12-25-18)7-14-8-15(22)10-17-16-4-6-27(2)11-19(16)26-21(14)17;1-2/h3,5,8,10,12-13,26H,4,6-7,9,11H2,1-2H3,(H,23,28);1-2H3. The Bertz CT molecular complexity index is 1000. The van der Waals surface area contributed by atoms with Crippen LogP contribution < -0.4 is 5.32 Å². The fourth-order valence-corrected chi connectivity index (χ4v) is 4.33. The number of halogens is 1. The van der Waals surface area contributed by atoms with Gasteiger partial charge in [0.25, 0.3) is 0 Å². The van der Waals surface area contributed by atoms with Crippen molar-refractivity contribution < 1.29 is 4.79 Å². The molecule has 0 aliphatic carbocycles. The van der Waals surface area contributed by atoms with Gasteiger partial charge in [0.2, 0.25) is 5.91 Å². The summed E-state index contributed by atoms with van der Waals surface area (Å²) < 4.78 is 0. The highest BCUT2D eigenvalue weighted by atomic mass is 35.5. The molecule has 3 aromatic rings. The lowest BCUT2D eigenvalue weighted by Crippen LogP contribution is -2.26. The number of likely N-dealkylation sites (N-methyl/N-ethyl adjacent to an activating group) is 1. The first-order chi connectivity index (χ1) is 14.5. The van der Waals surface area contributed by atoms with Crippen LogP contribution in [0.25, 0.3) is 10.9 Å². The number of carbonyl (C=O) groups is 1. The van der Waals surface area contributed by atoms with Gasteiger partial charge in [0, 0.05) is 66.0 Å². The van der Waals surface area contributed by atoms with Gasteiger partial charge in [-0.15, -0.1) is 0 Å². The molecular formula is C23H30ClN5O. The average Bonchev–Trinajstić information content (AvgIpc) is 3.12. The third kappa shape index (κ3) is 4.82. The lowest BCUT2D eigenvalue weighted by atomic mass is 9.91. The number of nitrogens with zero attached hydrogens (tertiary/aromatic N) is 3. The highest BCUT2D eigenvalue weighted by molar-refractivity contribution is 6.31. The largest absolute Gasteiger partial charge is 0.359 e. The number of hydrogen-bond acceptors (Lipinski definition) is 4. The fraction of sp³-hybridized carbons (Fsp3) is 0.435. The van der Waals surface area contributed by atoms with Crippen molar-refractivity contribution in [3.63, 3.8) is 0 Å². The lowest BCUT2D eigenvalue weighted by Gasteiger charge is -2.22. The van der Waals surface area contributed by atoms with Gasteiger partial charge in [0.05, 0.1) is 0 Å². The summed E-state index contributed by atoms with van der Waals surface area (Å²) in [5.41, 5.74) is 5.73. The molecule has 1 aliphatic rings. The number of aromatic nitrogens is 3. The summed E-state index contributed by atoms with van der Waals surface area (Å²) in [7, 11) is 3.79. The van der Waals surface area contributed by atoms with E-state index in [4.69, 9.17) is 11.6 Å². The van der Waals surface area contributed by atoms with E-state index >= 15 is 0 Å². The fourth-order valence-electron chi connectivity index (χ4n) is 4.09. The van der Waals surface area contributed by atoms with Crippen LogP contribution in [0.15, 0.2) is 30.7 Å². The van der Waals surface area contributed by atoms with Crippen molar-refractivity contribution in [2.45, 2.75) is 45.6 Å². The van der Waals surface area contributed by atoms with Gasteiger partial charge in [-0.2, -0.15) is 0 Å². The molecule has 2 N–H and O–H groups in total. The number of hydrogen-bond donors (Lipinski definition) is 2. The van der Waals surface area contributed by atoms with E-state index in [1.54, 1.807) is 13.2 Å². The second kappa shape index (κ2) is 10.0. The first-order valence-electron chi connectivity index (χ1n) is 10.5. The third-order valence-electron chi connectivity index (χ3n) is 5.52. The van der Waals surface area contributed by atoms with Gasteiger partial charge in [-0.3, -0.25) is 4.79 Å². The zero-order chi connectivity index (χ0) is 21.7. The molecule has 3 heterocycles. The van der Waals surface area contributed by atoms with Crippen LogP contribution in [0.3, 0.4) is 0 Å². The van der Waals surface area contributed by atoms with E-state index < -0.39 is 0 Å². The predicted octanol–water partition coefficient (Wildman–Crippen LogP) is 4.09. The first-order valence-corrected chi connectivity index (χ1v) is 10.9. The number of aromatic amines is 1. The van der Waals surface area contributed by atoms with Crippen molar-refractivity contribution in [3.8, 4) is 0 Å². The number of rotatable bonds is 5. The minimum absolute atomic E-state index is 0.00529. The molecule has 1 atom stereocenters. The minimum atomic E-state index is -0.0485. The Kier molecular flexibility index (Phi) is 7.45. The normalized spacial score (nSPS) is 14.6. The van der Waals surface area contributed by atoms with Crippen LogP contribution in [0.1, 0.15) is 48.7 Å². The summed E-state index contributed by atoms with van der Waals surface area (Å²) in [5, 5.41) is 4.65. The van der Waals surface area contributed by atoms with Crippen LogP contribution in [0.2, 0.25) is 5.02 Å². The zero-order valence-electron chi connectivity index (χ0n) is 18.1. The molecule has 0 saturated heterocycles. The molecular weight excluding hydrogens is 398 g/mol. The van der Waals surface area contributed by atoms with Crippen molar-refractivity contribution >= 4 is 28.4 Å². The smallest absolute Gasteiger partial charge is 0.220 e. The molecule has 6 nitrogen and oxygen atoms in total. The van der Waals surface area contributed by atoms with E-state index in [2.05, 4.69) is 38.3 Å². The van der Waals surface area contributed by atoms with Crippen molar-refractivity contribution in [1.29, 1.82) is 0 Å². The summed E-state index contributed by atoms with van der Waals surface area (Å²) in [5.74, 6) is -0.0538.